The van der Waals surface area contributed by atoms with E-state index in [1.807, 2.05) is 6.07 Å². The number of aliphatic hydroxyl groups excluding tert-OH is 1. The van der Waals surface area contributed by atoms with Crippen LogP contribution in [-0.4, -0.2) is 19.4 Å². The minimum Gasteiger partial charge on any atom is -0.389 e. The van der Waals surface area contributed by atoms with Crippen molar-refractivity contribution in [2.75, 3.05) is 0 Å². The molecule has 0 radical (unpaired) electrons. The molecule has 1 N–H and O–H groups in total. The van der Waals surface area contributed by atoms with Gasteiger partial charge in [-0.2, -0.15) is 4.37 Å². The number of hydrogen-bond donors (Lipinski definition) is 1. The van der Waals surface area contributed by atoms with E-state index >= 15 is 0 Å². The van der Waals surface area contributed by atoms with Crippen LogP contribution in [0, 0.1) is 0 Å². The summed E-state index contributed by atoms with van der Waals surface area (Å²) in [4.78, 5) is 8.24. The van der Waals surface area contributed by atoms with Crippen LogP contribution in [0.25, 0.3) is 0 Å². The molecule has 0 aromatic carbocycles. The molecule has 15 heavy (non-hydrogen) atoms. The van der Waals surface area contributed by atoms with Gasteiger partial charge in [-0.15, -0.1) is 0 Å². The van der Waals surface area contributed by atoms with Gasteiger partial charge in [-0.1, -0.05) is 0 Å². The van der Waals surface area contributed by atoms with Gasteiger partial charge in [0, 0.05) is 6.20 Å². The lowest BCUT2D eigenvalue weighted by atomic mass is 10.2. The zero-order valence-electron chi connectivity index (χ0n) is 7.99. The predicted molar refractivity (Wildman–Crippen MR) is 58.9 cm³/mol. The maximum atomic E-state index is 9.41. The molecule has 2 rings (SSSR count). The Morgan fingerprint density at radius 1 is 1.47 bits per heavy atom. The van der Waals surface area contributed by atoms with Crippen LogP contribution in [0.5, 0.6) is 0 Å². The minimum atomic E-state index is -0.471. The second-order valence-electron chi connectivity index (χ2n) is 2.91. The zero-order valence-corrected chi connectivity index (χ0v) is 9.63. The summed E-state index contributed by atoms with van der Waals surface area (Å²) < 4.78 is 4.76. The highest BCUT2D eigenvalue weighted by Crippen LogP contribution is 2.27. The molecule has 4 nitrogen and oxygen atoms in total. The number of rotatable bonds is 3. The highest BCUT2D eigenvalue weighted by molar-refractivity contribution is 8.00. The van der Waals surface area contributed by atoms with Crippen molar-refractivity contribution < 1.29 is 5.11 Å². The number of aliphatic hydroxyl groups is 1. The number of nitrogens with zero attached hydrogens (tertiary/aromatic N) is 3. The first kappa shape index (κ1) is 10.5. The van der Waals surface area contributed by atoms with E-state index in [0.717, 1.165) is 14.9 Å². The molecule has 0 aliphatic heterocycles. The number of pyridine rings is 1. The molecule has 0 bridgehead atoms. The van der Waals surface area contributed by atoms with Crippen molar-refractivity contribution in [2.45, 2.75) is 22.4 Å². The quantitative estimate of drug-likeness (QED) is 0.889. The molecule has 0 amide bonds. The van der Waals surface area contributed by atoms with Crippen molar-refractivity contribution in [1.29, 1.82) is 0 Å². The molecule has 0 aliphatic rings. The van der Waals surface area contributed by atoms with Crippen LogP contribution in [0.1, 0.15) is 18.6 Å². The first-order valence-corrected chi connectivity index (χ1v) is 5.93. The molecular weight excluding hydrogens is 230 g/mol. The van der Waals surface area contributed by atoms with Gasteiger partial charge in [0.2, 0.25) is 0 Å². The third kappa shape index (κ3) is 2.74. The topological polar surface area (TPSA) is 58.9 Å². The van der Waals surface area contributed by atoms with E-state index in [1.165, 1.54) is 29.6 Å². The van der Waals surface area contributed by atoms with Crippen molar-refractivity contribution in [2.24, 2.45) is 0 Å². The predicted octanol–water partition coefficient (Wildman–Crippen LogP) is 2.14. The van der Waals surface area contributed by atoms with Crippen molar-refractivity contribution in [3.63, 3.8) is 0 Å². The van der Waals surface area contributed by atoms with Crippen molar-refractivity contribution in [3.8, 4) is 0 Å². The molecule has 0 saturated carbocycles. The van der Waals surface area contributed by atoms with E-state index in [-0.39, 0.29) is 0 Å². The SMILES string of the molecule is CC(O)c1ccnc(Sc2ncns2)c1. The Balaban J connectivity index is 2.18. The first-order valence-electron chi connectivity index (χ1n) is 4.34. The Labute approximate surface area is 95.6 Å². The lowest BCUT2D eigenvalue weighted by Gasteiger charge is -2.04. The van der Waals surface area contributed by atoms with E-state index in [9.17, 15) is 5.11 Å². The summed E-state index contributed by atoms with van der Waals surface area (Å²) in [7, 11) is 0. The fourth-order valence-corrected chi connectivity index (χ4v) is 2.44. The molecule has 0 aliphatic carbocycles. The standard InChI is InChI=1S/C9H9N3OS2/c1-6(13)7-2-3-10-8(4-7)14-9-11-5-12-15-9/h2-6,13H,1H3. The lowest BCUT2D eigenvalue weighted by Crippen LogP contribution is -1.91. The summed E-state index contributed by atoms with van der Waals surface area (Å²) in [6.45, 7) is 1.73. The van der Waals surface area contributed by atoms with Gasteiger partial charge in [0.15, 0.2) is 4.34 Å². The van der Waals surface area contributed by atoms with Gasteiger partial charge in [-0.25, -0.2) is 9.97 Å². The molecule has 0 fully saturated rings. The number of hydrogen-bond acceptors (Lipinski definition) is 6. The maximum Gasteiger partial charge on any atom is 0.175 e. The van der Waals surface area contributed by atoms with E-state index in [2.05, 4.69) is 14.3 Å². The van der Waals surface area contributed by atoms with Crippen LogP contribution in [-0.2, 0) is 0 Å². The van der Waals surface area contributed by atoms with E-state index in [4.69, 9.17) is 0 Å². The Morgan fingerprint density at radius 3 is 3.00 bits per heavy atom. The Hall–Kier alpha value is -0.980. The van der Waals surface area contributed by atoms with E-state index in [1.54, 1.807) is 19.2 Å². The van der Waals surface area contributed by atoms with Crippen LogP contribution >= 0.6 is 23.3 Å². The van der Waals surface area contributed by atoms with Crippen LogP contribution in [0.4, 0.5) is 0 Å². The molecule has 2 aromatic rings. The van der Waals surface area contributed by atoms with Crippen molar-refractivity contribution in [3.05, 3.63) is 30.2 Å². The smallest absolute Gasteiger partial charge is 0.175 e. The summed E-state index contributed by atoms with van der Waals surface area (Å²) in [6, 6.07) is 3.66. The lowest BCUT2D eigenvalue weighted by molar-refractivity contribution is 0.199. The summed E-state index contributed by atoms with van der Waals surface area (Å²) in [5, 5.41) is 10.2. The summed E-state index contributed by atoms with van der Waals surface area (Å²) in [5.41, 5.74) is 0.858. The van der Waals surface area contributed by atoms with Gasteiger partial charge in [0.25, 0.3) is 0 Å². The fraction of sp³-hybridized carbons (Fsp3) is 0.222. The van der Waals surface area contributed by atoms with Gasteiger partial charge in [-0.05, 0) is 47.9 Å². The second-order valence-corrected chi connectivity index (χ2v) is 4.96. The highest BCUT2D eigenvalue weighted by Gasteiger charge is 2.05. The van der Waals surface area contributed by atoms with Gasteiger partial charge in [0.05, 0.1) is 6.10 Å². The summed E-state index contributed by atoms with van der Waals surface area (Å²) >= 11 is 2.78. The van der Waals surface area contributed by atoms with Crippen LogP contribution in [0.2, 0.25) is 0 Å². The largest absolute Gasteiger partial charge is 0.389 e. The van der Waals surface area contributed by atoms with Crippen LogP contribution in [0.15, 0.2) is 34.0 Å². The molecule has 0 saturated heterocycles. The molecule has 78 valence electrons. The zero-order chi connectivity index (χ0) is 10.7. The first-order chi connectivity index (χ1) is 7.25. The van der Waals surface area contributed by atoms with Crippen molar-refractivity contribution in [1.82, 2.24) is 14.3 Å². The normalized spacial score (nSPS) is 12.7. The maximum absolute atomic E-state index is 9.41. The third-order valence-electron chi connectivity index (χ3n) is 1.77. The van der Waals surface area contributed by atoms with Gasteiger partial charge >= 0.3 is 0 Å². The molecule has 2 heterocycles. The summed E-state index contributed by atoms with van der Waals surface area (Å²) in [6.07, 6.45) is 2.73. The van der Waals surface area contributed by atoms with E-state index < -0.39 is 6.10 Å². The van der Waals surface area contributed by atoms with Crippen molar-refractivity contribution >= 4 is 23.3 Å². The molecular formula is C9H9N3OS2. The second kappa shape index (κ2) is 4.69. The fourth-order valence-electron chi connectivity index (χ4n) is 1.04. The van der Waals surface area contributed by atoms with Crippen LogP contribution in [0.3, 0.4) is 0 Å². The Morgan fingerprint density at radius 2 is 2.33 bits per heavy atom. The van der Waals surface area contributed by atoms with Gasteiger partial charge in [0.1, 0.15) is 11.4 Å². The van der Waals surface area contributed by atoms with Gasteiger partial charge in [-0.3, -0.25) is 0 Å². The van der Waals surface area contributed by atoms with Crippen LogP contribution < -0.4 is 0 Å². The Bertz CT molecular complexity index is 431. The Kier molecular flexibility index (Phi) is 3.30. The molecule has 0 spiro atoms. The monoisotopic (exact) mass is 239 g/mol. The third-order valence-corrected chi connectivity index (χ3v) is 3.42. The molecule has 1 unspecified atom stereocenters. The highest BCUT2D eigenvalue weighted by atomic mass is 32.2. The minimum absolute atomic E-state index is 0.471. The van der Waals surface area contributed by atoms with E-state index in [0.29, 0.717) is 0 Å². The molecule has 6 heteroatoms. The average Bonchev–Trinajstić information content (AvgIpc) is 2.71. The molecule has 1 atom stereocenters. The average molecular weight is 239 g/mol. The summed E-state index contributed by atoms with van der Waals surface area (Å²) in [5.74, 6) is 0. The molecule has 2 aromatic heterocycles. The number of aromatic nitrogens is 3. The van der Waals surface area contributed by atoms with Gasteiger partial charge < -0.3 is 5.11 Å².